The van der Waals surface area contributed by atoms with Gasteiger partial charge in [0.2, 0.25) is 0 Å². The summed E-state index contributed by atoms with van der Waals surface area (Å²) >= 11 is 4.90. The largest absolute Gasteiger partial charge is 0.494 e. The quantitative estimate of drug-likeness (QED) is 0.734. The summed E-state index contributed by atoms with van der Waals surface area (Å²) in [7, 11) is 0. The molecule has 0 aliphatic heterocycles. The van der Waals surface area contributed by atoms with Gasteiger partial charge in [0.05, 0.1) is 34.0 Å². The lowest BCUT2D eigenvalue weighted by atomic mass is 10.3. The van der Waals surface area contributed by atoms with Crippen LogP contribution in [0.5, 0.6) is 5.75 Å². The second-order valence-corrected chi connectivity index (χ2v) is 6.14. The molecule has 0 spiro atoms. The van der Waals surface area contributed by atoms with E-state index in [4.69, 9.17) is 10.5 Å². The summed E-state index contributed by atoms with van der Waals surface area (Å²) in [6, 6.07) is 7.62. The molecular formula is C14H13BrN4OS. The zero-order chi connectivity index (χ0) is 14.8. The van der Waals surface area contributed by atoms with E-state index in [1.165, 1.54) is 11.8 Å². The average Bonchev–Trinajstić information content (AvgIpc) is 2.84. The molecule has 0 unspecified atom stereocenters. The van der Waals surface area contributed by atoms with Crippen LogP contribution >= 0.6 is 27.7 Å². The Bertz CT molecular complexity index is 790. The summed E-state index contributed by atoms with van der Waals surface area (Å²) in [6.45, 7) is 2.60. The standard InChI is InChI=1S/C14H13BrN4OS/c1-2-20-9-3-4-11-12(6-9)19-14(18-11)21-13-10(15)5-8(16)7-17-13/h3-7H,2,16H2,1H3,(H,18,19). The van der Waals surface area contributed by atoms with Gasteiger partial charge in [-0.25, -0.2) is 9.97 Å². The number of nitrogen functional groups attached to an aromatic ring is 1. The van der Waals surface area contributed by atoms with Gasteiger partial charge in [0, 0.05) is 6.07 Å². The van der Waals surface area contributed by atoms with Gasteiger partial charge in [0.15, 0.2) is 5.16 Å². The van der Waals surface area contributed by atoms with Gasteiger partial charge < -0.3 is 15.5 Å². The molecule has 3 aromatic rings. The van der Waals surface area contributed by atoms with Crippen molar-refractivity contribution < 1.29 is 4.74 Å². The number of H-pyrrole nitrogens is 1. The second kappa shape index (κ2) is 5.95. The van der Waals surface area contributed by atoms with Crippen molar-refractivity contribution >= 4 is 44.4 Å². The van der Waals surface area contributed by atoms with Gasteiger partial charge in [-0.15, -0.1) is 0 Å². The first-order valence-electron chi connectivity index (χ1n) is 6.37. The third-order valence-electron chi connectivity index (χ3n) is 2.76. The molecule has 0 fully saturated rings. The number of halogens is 1. The Kier molecular flexibility index (Phi) is 4.03. The highest BCUT2D eigenvalue weighted by atomic mass is 79.9. The van der Waals surface area contributed by atoms with Crippen LogP contribution in [0.25, 0.3) is 11.0 Å². The predicted molar refractivity (Wildman–Crippen MR) is 87.7 cm³/mol. The second-order valence-electron chi connectivity index (χ2n) is 4.31. The van der Waals surface area contributed by atoms with Crippen molar-refractivity contribution in [2.45, 2.75) is 17.1 Å². The Hall–Kier alpha value is -1.73. The number of nitrogens with zero attached hydrogens (tertiary/aromatic N) is 2. The fourth-order valence-electron chi connectivity index (χ4n) is 1.88. The van der Waals surface area contributed by atoms with E-state index in [2.05, 4.69) is 30.9 Å². The molecule has 21 heavy (non-hydrogen) atoms. The summed E-state index contributed by atoms with van der Waals surface area (Å²) in [5.41, 5.74) is 8.15. The lowest BCUT2D eigenvalue weighted by molar-refractivity contribution is 0.340. The zero-order valence-corrected chi connectivity index (χ0v) is 13.7. The Morgan fingerprint density at radius 3 is 3.00 bits per heavy atom. The normalized spacial score (nSPS) is 11.0. The minimum absolute atomic E-state index is 0.622. The summed E-state index contributed by atoms with van der Waals surface area (Å²) < 4.78 is 6.34. The van der Waals surface area contributed by atoms with Crippen LogP contribution in [-0.2, 0) is 0 Å². The highest BCUT2D eigenvalue weighted by molar-refractivity contribution is 9.10. The number of ether oxygens (including phenoxy) is 1. The third kappa shape index (κ3) is 3.14. The number of hydrogen-bond acceptors (Lipinski definition) is 5. The molecule has 3 N–H and O–H groups in total. The van der Waals surface area contributed by atoms with Gasteiger partial charge in [0.1, 0.15) is 10.8 Å². The molecule has 0 saturated carbocycles. The third-order valence-corrected chi connectivity index (χ3v) is 4.54. The monoisotopic (exact) mass is 364 g/mol. The van der Waals surface area contributed by atoms with Crippen LogP contribution in [0.15, 0.2) is 45.1 Å². The van der Waals surface area contributed by atoms with Gasteiger partial charge >= 0.3 is 0 Å². The van der Waals surface area contributed by atoms with Crippen LogP contribution in [0.1, 0.15) is 6.92 Å². The van der Waals surface area contributed by atoms with Crippen LogP contribution < -0.4 is 10.5 Å². The molecule has 3 rings (SSSR count). The number of pyridine rings is 1. The van der Waals surface area contributed by atoms with Crippen LogP contribution in [0.2, 0.25) is 0 Å². The van der Waals surface area contributed by atoms with Crippen molar-refractivity contribution in [3.05, 3.63) is 34.9 Å². The van der Waals surface area contributed by atoms with Crippen molar-refractivity contribution in [3.8, 4) is 5.75 Å². The molecule has 0 aliphatic carbocycles. The molecule has 2 aromatic heterocycles. The topological polar surface area (TPSA) is 76.8 Å². The van der Waals surface area contributed by atoms with Gasteiger partial charge in [-0.05, 0) is 52.8 Å². The fraction of sp³-hybridized carbons (Fsp3) is 0.143. The van der Waals surface area contributed by atoms with Crippen LogP contribution in [0.3, 0.4) is 0 Å². The van der Waals surface area contributed by atoms with E-state index < -0.39 is 0 Å². The minimum Gasteiger partial charge on any atom is -0.494 e. The molecule has 0 atom stereocenters. The van der Waals surface area contributed by atoms with Crippen molar-refractivity contribution in [2.24, 2.45) is 0 Å². The molecule has 0 saturated heterocycles. The van der Waals surface area contributed by atoms with Gasteiger partial charge in [-0.3, -0.25) is 0 Å². The first-order valence-corrected chi connectivity index (χ1v) is 7.98. The van der Waals surface area contributed by atoms with E-state index in [0.717, 1.165) is 31.4 Å². The first-order chi connectivity index (χ1) is 10.2. The lowest BCUT2D eigenvalue weighted by Crippen LogP contribution is -1.90. The van der Waals surface area contributed by atoms with Crippen LogP contribution in [0.4, 0.5) is 5.69 Å². The number of fused-ring (bicyclic) bond motifs is 1. The van der Waals surface area contributed by atoms with E-state index in [0.29, 0.717) is 12.3 Å². The SMILES string of the molecule is CCOc1ccc2nc(Sc3ncc(N)cc3Br)[nH]c2c1. The molecular weight excluding hydrogens is 352 g/mol. The highest BCUT2D eigenvalue weighted by Crippen LogP contribution is 2.32. The summed E-state index contributed by atoms with van der Waals surface area (Å²) in [6.07, 6.45) is 1.63. The average molecular weight is 365 g/mol. The summed E-state index contributed by atoms with van der Waals surface area (Å²) in [5, 5.41) is 1.59. The van der Waals surface area contributed by atoms with Crippen LogP contribution in [-0.4, -0.2) is 21.6 Å². The number of rotatable bonds is 4. The lowest BCUT2D eigenvalue weighted by Gasteiger charge is -2.01. The number of aromatic nitrogens is 3. The molecule has 108 valence electrons. The smallest absolute Gasteiger partial charge is 0.172 e. The van der Waals surface area contributed by atoms with Gasteiger partial charge in [-0.2, -0.15) is 0 Å². The van der Waals surface area contributed by atoms with Crippen LogP contribution in [0, 0.1) is 0 Å². The van der Waals surface area contributed by atoms with E-state index in [1.54, 1.807) is 6.20 Å². The highest BCUT2D eigenvalue weighted by Gasteiger charge is 2.09. The number of hydrogen-bond donors (Lipinski definition) is 2. The number of nitrogens with two attached hydrogens (primary N) is 1. The number of nitrogens with one attached hydrogen (secondary N) is 1. The fourth-order valence-corrected chi connectivity index (χ4v) is 3.24. The molecule has 2 heterocycles. The van der Waals surface area contributed by atoms with E-state index in [-0.39, 0.29) is 0 Å². The van der Waals surface area contributed by atoms with Crippen molar-refractivity contribution in [1.29, 1.82) is 0 Å². The Morgan fingerprint density at radius 2 is 2.24 bits per heavy atom. The molecule has 0 amide bonds. The minimum atomic E-state index is 0.622. The predicted octanol–water partition coefficient (Wildman–Crippen LogP) is 3.85. The molecule has 0 bridgehead atoms. The summed E-state index contributed by atoms with van der Waals surface area (Å²) in [4.78, 5) is 12.1. The number of benzene rings is 1. The summed E-state index contributed by atoms with van der Waals surface area (Å²) in [5.74, 6) is 0.831. The molecule has 1 aromatic carbocycles. The maximum atomic E-state index is 5.69. The van der Waals surface area contributed by atoms with E-state index in [1.807, 2.05) is 31.2 Å². The van der Waals surface area contributed by atoms with Crippen molar-refractivity contribution in [1.82, 2.24) is 15.0 Å². The maximum Gasteiger partial charge on any atom is 0.172 e. The Labute approximate surface area is 134 Å². The molecule has 0 radical (unpaired) electrons. The first kappa shape index (κ1) is 14.2. The zero-order valence-electron chi connectivity index (χ0n) is 11.3. The number of aromatic amines is 1. The van der Waals surface area contributed by atoms with E-state index in [9.17, 15) is 0 Å². The number of imidazole rings is 1. The van der Waals surface area contributed by atoms with E-state index >= 15 is 0 Å². The molecule has 5 nitrogen and oxygen atoms in total. The number of anilines is 1. The van der Waals surface area contributed by atoms with Gasteiger partial charge in [-0.1, -0.05) is 0 Å². The van der Waals surface area contributed by atoms with Gasteiger partial charge in [0.25, 0.3) is 0 Å². The molecule has 0 aliphatic rings. The van der Waals surface area contributed by atoms with Crippen molar-refractivity contribution in [2.75, 3.05) is 12.3 Å². The molecule has 7 heteroatoms. The Balaban J connectivity index is 1.90. The maximum absolute atomic E-state index is 5.69. The van der Waals surface area contributed by atoms with Crippen molar-refractivity contribution in [3.63, 3.8) is 0 Å². The Morgan fingerprint density at radius 1 is 1.38 bits per heavy atom.